The van der Waals surface area contributed by atoms with Crippen LogP contribution < -0.4 is 10.6 Å². The molecule has 1 saturated carbocycles. The van der Waals surface area contributed by atoms with E-state index in [1.54, 1.807) is 12.1 Å². The van der Waals surface area contributed by atoms with Crippen LogP contribution >= 0.6 is 11.3 Å². The highest BCUT2D eigenvalue weighted by atomic mass is 32.2. The number of oxime groups is 1. The summed E-state index contributed by atoms with van der Waals surface area (Å²) in [6, 6.07) is 9.84. The Kier molecular flexibility index (Phi) is 10.4. The number of sulfone groups is 1. The highest BCUT2D eigenvalue weighted by Gasteiger charge is 2.22. The van der Waals surface area contributed by atoms with Crippen LogP contribution in [-0.4, -0.2) is 87.7 Å². The smallest absolute Gasteiger partial charge is 0.280 e. The molecule has 40 heavy (non-hydrogen) atoms. The van der Waals surface area contributed by atoms with Gasteiger partial charge in [-0.25, -0.2) is 18.4 Å². The van der Waals surface area contributed by atoms with Gasteiger partial charge in [0.15, 0.2) is 20.7 Å². The zero-order valence-electron chi connectivity index (χ0n) is 23.1. The summed E-state index contributed by atoms with van der Waals surface area (Å²) in [6.45, 7) is 1.99. The topological polar surface area (TPSA) is 135 Å². The van der Waals surface area contributed by atoms with E-state index < -0.39 is 15.7 Å². The Morgan fingerprint density at radius 2 is 1.88 bits per heavy atom. The van der Waals surface area contributed by atoms with E-state index in [1.165, 1.54) is 30.6 Å². The summed E-state index contributed by atoms with van der Waals surface area (Å²) < 4.78 is 30.3. The maximum absolute atomic E-state index is 13.4. The van der Waals surface area contributed by atoms with Gasteiger partial charge in [0.05, 0.1) is 10.6 Å². The number of aromatic nitrogens is 2. The average Bonchev–Trinajstić information content (AvgIpc) is 3.58. The number of hydrogen-bond acceptors (Lipinski definition) is 11. The molecule has 2 aromatic heterocycles. The summed E-state index contributed by atoms with van der Waals surface area (Å²) in [7, 11) is 2.08. The molecule has 1 aliphatic carbocycles. The highest BCUT2D eigenvalue weighted by molar-refractivity contribution is 7.91. The van der Waals surface area contributed by atoms with Crippen molar-refractivity contribution in [1.82, 2.24) is 14.9 Å². The number of fused-ring (bicyclic) bond motifs is 1. The summed E-state index contributed by atoms with van der Waals surface area (Å²) in [6.07, 6.45) is 4.23. The Bertz CT molecular complexity index is 1420. The third-order valence-electron chi connectivity index (χ3n) is 6.40. The van der Waals surface area contributed by atoms with Gasteiger partial charge in [0, 0.05) is 32.4 Å². The van der Waals surface area contributed by atoms with Crippen molar-refractivity contribution in [2.75, 3.05) is 57.3 Å². The monoisotopic (exact) mass is 588 g/mol. The van der Waals surface area contributed by atoms with E-state index in [-0.39, 0.29) is 22.5 Å². The van der Waals surface area contributed by atoms with Gasteiger partial charge in [-0.3, -0.25) is 10.1 Å². The minimum Gasteiger partial charge on any atom is -0.392 e. The molecule has 0 unspecified atom stereocenters. The fraction of sp³-hybridized carbons (Fsp3) is 0.481. The van der Waals surface area contributed by atoms with Gasteiger partial charge in [-0.05, 0) is 70.5 Å². The zero-order chi connectivity index (χ0) is 28.5. The van der Waals surface area contributed by atoms with Crippen molar-refractivity contribution in [1.29, 1.82) is 0 Å². The number of anilines is 2. The van der Waals surface area contributed by atoms with Gasteiger partial charge in [-0.1, -0.05) is 28.6 Å². The number of amides is 1. The number of thiazole rings is 1. The number of pyridine rings is 1. The van der Waals surface area contributed by atoms with Gasteiger partial charge in [0.1, 0.15) is 22.3 Å². The number of ether oxygens (including phenoxy) is 1. The molecule has 11 nitrogen and oxygen atoms in total. The summed E-state index contributed by atoms with van der Waals surface area (Å²) in [5, 5.41) is 10.7. The number of nitrogens with zero attached hydrogens (tertiary/aromatic N) is 4. The fourth-order valence-electron chi connectivity index (χ4n) is 4.21. The number of methoxy groups -OCH3 is 1. The Hall–Kier alpha value is -3.13. The second-order valence-corrected chi connectivity index (χ2v) is 13.0. The van der Waals surface area contributed by atoms with Crippen molar-refractivity contribution in [2.24, 2.45) is 5.16 Å². The van der Waals surface area contributed by atoms with Gasteiger partial charge in [0.25, 0.3) is 5.91 Å². The van der Waals surface area contributed by atoms with Crippen LogP contribution in [0, 0.1) is 0 Å². The Morgan fingerprint density at radius 3 is 2.58 bits per heavy atom. The van der Waals surface area contributed by atoms with Crippen LogP contribution in [0.1, 0.15) is 37.7 Å². The van der Waals surface area contributed by atoms with E-state index in [9.17, 15) is 13.2 Å². The Balaban J connectivity index is 1.52. The Labute approximate surface area is 238 Å². The standard InChI is InChI=1S/C27H36N6O5S2/c1-33(2)16-15-28-23-14-13-22-26(30-23)39-27(29-22)31-25(34)24(32-38-20-7-4-5-8-20)19-9-11-21(12-10-19)40(35,36)18-6-17-37-3/h9-14,20H,4-8,15-18H2,1-3H3,(H,28,30)(H,29,31,34). The molecule has 0 radical (unpaired) electrons. The van der Waals surface area contributed by atoms with Gasteiger partial charge < -0.3 is 19.8 Å². The molecule has 1 amide bonds. The van der Waals surface area contributed by atoms with Gasteiger partial charge in [-0.15, -0.1) is 0 Å². The first-order valence-corrected chi connectivity index (χ1v) is 15.8. The quantitative estimate of drug-likeness (QED) is 0.164. The molecule has 13 heteroatoms. The second-order valence-electron chi connectivity index (χ2n) is 9.87. The van der Waals surface area contributed by atoms with Crippen molar-refractivity contribution in [3.05, 3.63) is 42.0 Å². The first-order chi connectivity index (χ1) is 19.2. The molecule has 0 atom stereocenters. The van der Waals surface area contributed by atoms with Crippen molar-refractivity contribution < 1.29 is 22.8 Å². The first kappa shape index (κ1) is 29.8. The molecule has 2 heterocycles. The number of hydrogen-bond donors (Lipinski definition) is 2. The maximum Gasteiger partial charge on any atom is 0.280 e. The molecule has 0 aliphatic heterocycles. The summed E-state index contributed by atoms with van der Waals surface area (Å²) >= 11 is 1.26. The molecule has 0 bridgehead atoms. The lowest BCUT2D eigenvalue weighted by Crippen LogP contribution is -2.25. The van der Waals surface area contributed by atoms with E-state index in [4.69, 9.17) is 9.57 Å². The van der Waals surface area contributed by atoms with Crippen LogP contribution in [0.3, 0.4) is 0 Å². The molecule has 1 aromatic carbocycles. The Morgan fingerprint density at radius 1 is 1.12 bits per heavy atom. The minimum absolute atomic E-state index is 0.0229. The van der Waals surface area contributed by atoms with Crippen LogP contribution in [0.2, 0.25) is 0 Å². The van der Waals surface area contributed by atoms with Crippen molar-refractivity contribution >= 4 is 54.1 Å². The predicted molar refractivity (Wildman–Crippen MR) is 158 cm³/mol. The molecule has 2 N–H and O–H groups in total. The first-order valence-electron chi connectivity index (χ1n) is 13.3. The third-order valence-corrected chi connectivity index (χ3v) is 9.10. The van der Waals surface area contributed by atoms with Crippen LogP contribution in [-0.2, 0) is 24.2 Å². The summed E-state index contributed by atoms with van der Waals surface area (Å²) in [4.78, 5) is 31.2. The molecule has 0 saturated heterocycles. The second kappa shape index (κ2) is 14.0. The molecule has 0 spiro atoms. The number of likely N-dealkylation sites (N-methyl/N-ethyl adjacent to an activating group) is 1. The van der Waals surface area contributed by atoms with Gasteiger partial charge >= 0.3 is 0 Å². The largest absolute Gasteiger partial charge is 0.392 e. The van der Waals surface area contributed by atoms with Crippen LogP contribution in [0.5, 0.6) is 0 Å². The SMILES string of the molecule is COCCCS(=O)(=O)c1ccc(C(=NOC2CCCC2)C(=O)Nc2nc3ccc(NCCN(C)C)nc3s2)cc1. The lowest BCUT2D eigenvalue weighted by Gasteiger charge is -2.11. The zero-order valence-corrected chi connectivity index (χ0v) is 24.7. The van der Waals surface area contributed by atoms with E-state index in [2.05, 4.69) is 30.7 Å². The van der Waals surface area contributed by atoms with Gasteiger partial charge in [-0.2, -0.15) is 0 Å². The lowest BCUT2D eigenvalue weighted by atomic mass is 10.1. The van der Waals surface area contributed by atoms with E-state index in [1.807, 2.05) is 26.2 Å². The summed E-state index contributed by atoms with van der Waals surface area (Å²) in [5.41, 5.74) is 1.16. The maximum atomic E-state index is 13.4. The number of carbonyl (C=O) groups is 1. The molecule has 4 rings (SSSR count). The summed E-state index contributed by atoms with van der Waals surface area (Å²) in [5.74, 6) is 0.211. The van der Waals surface area contributed by atoms with E-state index in [0.29, 0.717) is 34.1 Å². The molecule has 1 fully saturated rings. The average molecular weight is 589 g/mol. The molecule has 1 aliphatic rings. The van der Waals surface area contributed by atoms with Crippen LogP contribution in [0.25, 0.3) is 10.3 Å². The lowest BCUT2D eigenvalue weighted by molar-refractivity contribution is -0.110. The highest BCUT2D eigenvalue weighted by Crippen LogP contribution is 2.26. The predicted octanol–water partition coefficient (Wildman–Crippen LogP) is 3.78. The number of nitrogens with one attached hydrogen (secondary N) is 2. The number of carbonyl (C=O) groups excluding carboxylic acids is 1. The van der Waals surface area contributed by atoms with Crippen molar-refractivity contribution in [3.63, 3.8) is 0 Å². The number of rotatable bonds is 14. The molecule has 216 valence electrons. The normalized spacial score (nSPS) is 14.7. The van der Waals surface area contributed by atoms with E-state index >= 15 is 0 Å². The minimum atomic E-state index is -3.47. The molecular formula is C27H36N6O5S2. The van der Waals surface area contributed by atoms with Crippen molar-refractivity contribution in [2.45, 2.75) is 43.1 Å². The third kappa shape index (κ3) is 8.19. The number of benzene rings is 1. The molecular weight excluding hydrogens is 552 g/mol. The fourth-order valence-corrected chi connectivity index (χ4v) is 6.33. The van der Waals surface area contributed by atoms with E-state index in [0.717, 1.165) is 44.6 Å². The van der Waals surface area contributed by atoms with Crippen molar-refractivity contribution in [3.8, 4) is 0 Å². The van der Waals surface area contributed by atoms with Crippen LogP contribution in [0.4, 0.5) is 10.9 Å². The van der Waals surface area contributed by atoms with Crippen LogP contribution in [0.15, 0.2) is 46.4 Å². The molecule has 3 aromatic rings. The van der Waals surface area contributed by atoms with Gasteiger partial charge in [0.2, 0.25) is 0 Å².